The molecule has 7 nitrogen and oxygen atoms in total. The normalized spacial score (nSPS) is 11.0. The van der Waals surface area contributed by atoms with Crippen LogP contribution >= 0.6 is 11.6 Å². The summed E-state index contributed by atoms with van der Waals surface area (Å²) in [4.78, 5) is 14.1. The number of benzene rings is 1. The third-order valence-corrected chi connectivity index (χ3v) is 4.15. The Hall–Kier alpha value is -3.19. The minimum Gasteiger partial charge on any atom is -0.318 e. The van der Waals surface area contributed by atoms with Gasteiger partial charge in [-0.05, 0) is 50.2 Å². The highest BCUT2D eigenvalue weighted by Crippen LogP contribution is 2.21. The third kappa shape index (κ3) is 3.73. The van der Waals surface area contributed by atoms with Crippen molar-refractivity contribution < 1.29 is 4.92 Å². The number of aryl methyl sites for hydroxylation is 1. The Bertz CT molecular complexity index is 962. The summed E-state index contributed by atoms with van der Waals surface area (Å²) in [5, 5.41) is 15.5. The topological polar surface area (TPSA) is 85.3 Å². The first-order valence-electron chi connectivity index (χ1n) is 7.80. The van der Waals surface area contributed by atoms with E-state index in [1.807, 2.05) is 44.2 Å². The number of hydrogen-bond acceptors (Lipinski definition) is 5. The molecule has 26 heavy (non-hydrogen) atoms. The monoisotopic (exact) mass is 369 g/mol. The first-order valence-corrected chi connectivity index (χ1v) is 8.18. The van der Waals surface area contributed by atoms with E-state index in [0.717, 1.165) is 22.6 Å². The second kappa shape index (κ2) is 7.37. The first kappa shape index (κ1) is 17.6. The molecule has 0 unspecified atom stereocenters. The third-order valence-electron chi connectivity index (χ3n) is 3.90. The molecule has 0 fully saturated rings. The number of aromatic nitrogens is 2. The molecule has 0 radical (unpaired) electrons. The summed E-state index contributed by atoms with van der Waals surface area (Å²) < 4.78 is 2.11. The van der Waals surface area contributed by atoms with E-state index in [9.17, 15) is 10.1 Å². The van der Waals surface area contributed by atoms with Crippen molar-refractivity contribution in [3.63, 3.8) is 0 Å². The molecule has 8 heteroatoms. The minimum absolute atomic E-state index is 0.0639. The van der Waals surface area contributed by atoms with Gasteiger partial charge in [0.05, 0.1) is 11.1 Å². The number of pyridine rings is 1. The number of hydrogen-bond donors (Lipinski definition) is 1. The van der Waals surface area contributed by atoms with Gasteiger partial charge < -0.3 is 4.57 Å². The fourth-order valence-electron chi connectivity index (χ4n) is 2.63. The van der Waals surface area contributed by atoms with Crippen molar-refractivity contribution in [1.82, 2.24) is 9.55 Å². The molecule has 132 valence electrons. The van der Waals surface area contributed by atoms with Gasteiger partial charge in [0.2, 0.25) is 0 Å². The highest BCUT2D eigenvalue weighted by molar-refractivity contribution is 6.30. The van der Waals surface area contributed by atoms with Crippen LogP contribution in [0.3, 0.4) is 0 Å². The summed E-state index contributed by atoms with van der Waals surface area (Å²) in [6.45, 7) is 4.03. The van der Waals surface area contributed by atoms with Gasteiger partial charge in [0.25, 0.3) is 5.69 Å². The molecule has 0 spiro atoms. The van der Waals surface area contributed by atoms with Crippen molar-refractivity contribution in [3.8, 4) is 5.69 Å². The van der Waals surface area contributed by atoms with Crippen molar-refractivity contribution in [3.05, 3.63) is 80.7 Å². The van der Waals surface area contributed by atoms with Gasteiger partial charge >= 0.3 is 0 Å². The van der Waals surface area contributed by atoms with Crippen molar-refractivity contribution in [2.75, 3.05) is 5.43 Å². The largest absolute Gasteiger partial charge is 0.318 e. The van der Waals surface area contributed by atoms with Crippen LogP contribution < -0.4 is 5.43 Å². The van der Waals surface area contributed by atoms with Crippen LogP contribution in [0, 0.1) is 24.0 Å². The summed E-state index contributed by atoms with van der Waals surface area (Å²) in [5.41, 5.74) is 6.78. The van der Waals surface area contributed by atoms with Crippen LogP contribution in [0.1, 0.15) is 17.0 Å². The lowest BCUT2D eigenvalue weighted by molar-refractivity contribution is -0.385. The highest BCUT2D eigenvalue weighted by Gasteiger charge is 2.09. The summed E-state index contributed by atoms with van der Waals surface area (Å²) in [6, 6.07) is 12.5. The van der Waals surface area contributed by atoms with Gasteiger partial charge in [-0.2, -0.15) is 5.10 Å². The zero-order valence-corrected chi connectivity index (χ0v) is 14.9. The van der Waals surface area contributed by atoms with Gasteiger partial charge in [-0.25, -0.2) is 4.98 Å². The number of halogens is 1. The highest BCUT2D eigenvalue weighted by atomic mass is 35.5. The summed E-state index contributed by atoms with van der Waals surface area (Å²) in [7, 11) is 0. The molecule has 0 aliphatic carbocycles. The molecule has 0 amide bonds. The molecule has 1 aromatic carbocycles. The molecule has 0 atom stereocenters. The molecule has 2 aromatic heterocycles. The molecule has 3 rings (SSSR count). The summed E-state index contributed by atoms with van der Waals surface area (Å²) >= 11 is 5.96. The Morgan fingerprint density at radius 2 is 1.96 bits per heavy atom. The van der Waals surface area contributed by atoms with Crippen LogP contribution in [-0.4, -0.2) is 20.7 Å². The lowest BCUT2D eigenvalue weighted by atomic mass is 10.2. The number of nitrogens with one attached hydrogen (secondary N) is 1. The van der Waals surface area contributed by atoms with E-state index >= 15 is 0 Å². The van der Waals surface area contributed by atoms with Crippen LogP contribution in [0.5, 0.6) is 0 Å². The van der Waals surface area contributed by atoms with Crippen molar-refractivity contribution in [2.45, 2.75) is 13.8 Å². The average Bonchev–Trinajstić information content (AvgIpc) is 2.90. The Labute approximate surface area is 155 Å². The van der Waals surface area contributed by atoms with E-state index in [1.54, 1.807) is 6.21 Å². The average molecular weight is 370 g/mol. The summed E-state index contributed by atoms with van der Waals surface area (Å²) in [5.74, 6) is 0.429. The van der Waals surface area contributed by atoms with E-state index in [2.05, 4.69) is 20.1 Å². The summed E-state index contributed by atoms with van der Waals surface area (Å²) in [6.07, 6.45) is 2.88. The maximum atomic E-state index is 10.6. The second-order valence-corrected chi connectivity index (χ2v) is 6.10. The zero-order valence-electron chi connectivity index (χ0n) is 14.2. The predicted octanol–water partition coefficient (Wildman–Crippen LogP) is 4.50. The molecule has 3 aromatic rings. The molecule has 0 saturated carbocycles. The quantitative estimate of drug-likeness (QED) is 0.407. The maximum absolute atomic E-state index is 10.6. The zero-order chi connectivity index (χ0) is 18.7. The molecule has 2 heterocycles. The molecule has 1 N–H and O–H groups in total. The van der Waals surface area contributed by atoms with Crippen LogP contribution in [-0.2, 0) is 0 Å². The number of nitro groups is 1. The van der Waals surface area contributed by atoms with E-state index in [-0.39, 0.29) is 5.69 Å². The lowest BCUT2D eigenvalue weighted by Crippen LogP contribution is -1.99. The van der Waals surface area contributed by atoms with E-state index in [0.29, 0.717) is 10.8 Å². The van der Waals surface area contributed by atoms with Crippen molar-refractivity contribution >= 4 is 29.3 Å². The number of rotatable bonds is 5. The fraction of sp³-hybridized carbons (Fsp3) is 0.111. The lowest BCUT2D eigenvalue weighted by Gasteiger charge is -2.09. The number of nitrogens with zero attached hydrogens (tertiary/aromatic N) is 4. The number of anilines is 1. The Morgan fingerprint density at radius 3 is 2.58 bits per heavy atom. The van der Waals surface area contributed by atoms with E-state index in [1.165, 1.54) is 18.3 Å². The SMILES string of the molecule is Cc1cc(/C=N/Nc2ccc([N+](=O)[O-])cn2)c(C)n1-c1ccc(Cl)cc1. The fourth-order valence-corrected chi connectivity index (χ4v) is 2.76. The Kier molecular flexibility index (Phi) is 4.99. The van der Waals surface area contributed by atoms with E-state index < -0.39 is 4.92 Å². The molecule has 0 aliphatic rings. The van der Waals surface area contributed by atoms with Crippen LogP contribution in [0.4, 0.5) is 11.5 Å². The minimum atomic E-state index is -0.494. The molecule has 0 bridgehead atoms. The first-order chi connectivity index (χ1) is 12.5. The van der Waals surface area contributed by atoms with Gasteiger partial charge in [0.15, 0.2) is 0 Å². The van der Waals surface area contributed by atoms with Gasteiger partial charge in [-0.15, -0.1) is 0 Å². The molecular weight excluding hydrogens is 354 g/mol. The van der Waals surface area contributed by atoms with Crippen LogP contribution in [0.2, 0.25) is 5.02 Å². The Balaban J connectivity index is 1.78. The second-order valence-electron chi connectivity index (χ2n) is 5.67. The van der Waals surface area contributed by atoms with Crippen LogP contribution in [0.25, 0.3) is 5.69 Å². The van der Waals surface area contributed by atoms with Crippen molar-refractivity contribution in [1.29, 1.82) is 0 Å². The van der Waals surface area contributed by atoms with Gasteiger partial charge in [-0.3, -0.25) is 15.5 Å². The smallest absolute Gasteiger partial charge is 0.287 e. The Morgan fingerprint density at radius 1 is 1.23 bits per heavy atom. The predicted molar refractivity (Wildman–Crippen MR) is 102 cm³/mol. The van der Waals surface area contributed by atoms with Gasteiger partial charge in [-0.1, -0.05) is 11.6 Å². The molecule has 0 saturated heterocycles. The molecule has 0 aliphatic heterocycles. The number of hydrazone groups is 1. The van der Waals surface area contributed by atoms with Crippen LogP contribution in [0.15, 0.2) is 53.8 Å². The molecular formula is C18H16ClN5O2. The van der Waals surface area contributed by atoms with Crippen molar-refractivity contribution in [2.24, 2.45) is 5.10 Å². The van der Waals surface area contributed by atoms with Gasteiger partial charge in [0, 0.05) is 33.7 Å². The standard InChI is InChI=1S/C18H16ClN5O2/c1-12-9-14(13(2)23(12)16-5-3-15(19)4-6-16)10-21-22-18-8-7-17(11-20-18)24(25)26/h3-11H,1-2H3,(H,20,22)/b21-10+. The van der Waals surface area contributed by atoms with Gasteiger partial charge in [0.1, 0.15) is 12.0 Å². The maximum Gasteiger partial charge on any atom is 0.287 e. The van der Waals surface area contributed by atoms with E-state index in [4.69, 9.17) is 11.6 Å².